The van der Waals surface area contributed by atoms with E-state index in [1.807, 2.05) is 38.1 Å². The molecule has 4 rings (SSSR count). The van der Waals surface area contributed by atoms with Gasteiger partial charge in [0.15, 0.2) is 0 Å². The fourth-order valence-electron chi connectivity index (χ4n) is 5.12. The highest BCUT2D eigenvalue weighted by atomic mass is 16.5. The number of hydrogen-bond acceptors (Lipinski definition) is 4. The molecule has 0 aromatic heterocycles. The van der Waals surface area contributed by atoms with Gasteiger partial charge in [-0.3, -0.25) is 9.59 Å². The number of fused-ring (bicyclic) bond motifs is 3. The number of alkyl carbamates (subject to hydrolysis) is 1. The summed E-state index contributed by atoms with van der Waals surface area (Å²) in [5.41, 5.74) is 3.52. The Morgan fingerprint density at radius 1 is 1.14 bits per heavy atom. The fraction of sp³-hybridized carbons (Fsp3) is 0.393. The number of ether oxygens (including phenoxy) is 1. The number of likely N-dealkylation sites (tertiary alicyclic amines) is 1. The first-order valence-electron chi connectivity index (χ1n) is 12.1. The van der Waals surface area contributed by atoms with Gasteiger partial charge in [-0.1, -0.05) is 74.9 Å². The number of carbonyl (C=O) groups is 3. The lowest BCUT2D eigenvalue weighted by molar-refractivity contribution is -0.167. The first kappa shape index (κ1) is 24.5. The molecule has 1 aliphatic heterocycles. The van der Waals surface area contributed by atoms with E-state index in [0.717, 1.165) is 22.3 Å². The summed E-state index contributed by atoms with van der Waals surface area (Å²) in [6.07, 6.45) is 1.88. The van der Waals surface area contributed by atoms with Gasteiger partial charge in [0.1, 0.15) is 18.1 Å². The zero-order chi connectivity index (χ0) is 25.2. The monoisotopic (exact) mass is 476 g/mol. The summed E-state index contributed by atoms with van der Waals surface area (Å²) in [6, 6.07) is 15.4. The fourth-order valence-corrected chi connectivity index (χ4v) is 5.12. The maximum atomic E-state index is 13.2. The summed E-state index contributed by atoms with van der Waals surface area (Å²) >= 11 is 0. The van der Waals surface area contributed by atoms with Gasteiger partial charge in [-0.25, -0.2) is 4.79 Å². The third-order valence-electron chi connectivity index (χ3n) is 7.38. The van der Waals surface area contributed by atoms with Crippen LogP contribution in [0, 0.1) is 11.3 Å². The van der Waals surface area contributed by atoms with E-state index in [1.54, 1.807) is 6.08 Å². The van der Waals surface area contributed by atoms with Crippen LogP contribution >= 0.6 is 0 Å². The molecule has 2 aromatic rings. The zero-order valence-electron chi connectivity index (χ0n) is 20.2. The van der Waals surface area contributed by atoms with Gasteiger partial charge >= 0.3 is 12.1 Å². The zero-order valence-corrected chi connectivity index (χ0v) is 20.2. The van der Waals surface area contributed by atoms with E-state index in [0.29, 0.717) is 12.8 Å². The van der Waals surface area contributed by atoms with Gasteiger partial charge in [-0.2, -0.15) is 0 Å². The van der Waals surface area contributed by atoms with Gasteiger partial charge in [0.25, 0.3) is 0 Å². The van der Waals surface area contributed by atoms with Crippen molar-refractivity contribution in [2.75, 3.05) is 19.7 Å². The van der Waals surface area contributed by atoms with E-state index in [1.165, 1.54) is 4.90 Å². The van der Waals surface area contributed by atoms with Crippen LogP contribution < -0.4 is 5.32 Å². The highest BCUT2D eigenvalue weighted by molar-refractivity contribution is 5.89. The van der Waals surface area contributed by atoms with Crippen LogP contribution in [-0.4, -0.2) is 53.7 Å². The molecule has 1 heterocycles. The first-order valence-corrected chi connectivity index (χ1v) is 12.1. The molecule has 7 nitrogen and oxygen atoms in total. The quantitative estimate of drug-likeness (QED) is 0.522. The Labute approximate surface area is 205 Å². The number of hydrogen-bond donors (Lipinski definition) is 2. The Bertz CT molecular complexity index is 1090. The van der Waals surface area contributed by atoms with Crippen LogP contribution in [0.3, 0.4) is 0 Å². The van der Waals surface area contributed by atoms with Crippen LogP contribution in [0.4, 0.5) is 4.79 Å². The predicted octanol–water partition coefficient (Wildman–Crippen LogP) is 4.43. The lowest BCUT2D eigenvalue weighted by atomic mass is 9.76. The molecule has 0 radical (unpaired) electrons. The molecule has 0 bridgehead atoms. The van der Waals surface area contributed by atoms with Crippen molar-refractivity contribution in [2.45, 2.75) is 38.6 Å². The highest BCUT2D eigenvalue weighted by Crippen LogP contribution is 2.44. The minimum atomic E-state index is -0.999. The third kappa shape index (κ3) is 4.55. The van der Waals surface area contributed by atoms with Gasteiger partial charge in [0.05, 0.1) is 0 Å². The smallest absolute Gasteiger partial charge is 0.407 e. The number of carbonyl (C=O) groups excluding carboxylic acids is 2. The number of carboxylic acids is 1. The van der Waals surface area contributed by atoms with Gasteiger partial charge in [-0.05, 0) is 34.6 Å². The average molecular weight is 477 g/mol. The third-order valence-corrected chi connectivity index (χ3v) is 7.38. The Hall–Kier alpha value is -3.61. The number of nitrogens with one attached hydrogen (secondary N) is 1. The van der Waals surface area contributed by atoms with Crippen LogP contribution in [0.15, 0.2) is 61.2 Å². The molecule has 1 saturated heterocycles. The molecule has 184 valence electrons. The number of aliphatic carboxylic acids is 1. The largest absolute Gasteiger partial charge is 0.481 e. The number of amides is 2. The van der Waals surface area contributed by atoms with Crippen molar-refractivity contribution in [1.82, 2.24) is 10.2 Å². The van der Waals surface area contributed by atoms with Crippen molar-refractivity contribution in [1.29, 1.82) is 0 Å². The first-order chi connectivity index (χ1) is 16.8. The molecule has 2 unspecified atom stereocenters. The molecule has 7 heteroatoms. The van der Waals surface area contributed by atoms with Gasteiger partial charge in [-0.15, -0.1) is 6.58 Å². The predicted molar refractivity (Wildman–Crippen MR) is 133 cm³/mol. The molecule has 2 aromatic carbocycles. The Balaban J connectivity index is 1.42. The Kier molecular flexibility index (Phi) is 6.96. The van der Waals surface area contributed by atoms with E-state index >= 15 is 0 Å². The van der Waals surface area contributed by atoms with Crippen molar-refractivity contribution in [3.8, 4) is 11.1 Å². The molecule has 1 aliphatic carbocycles. The van der Waals surface area contributed by atoms with Crippen molar-refractivity contribution in [2.24, 2.45) is 11.3 Å². The van der Waals surface area contributed by atoms with Crippen LogP contribution in [0.5, 0.6) is 0 Å². The number of nitrogens with zero attached hydrogens (tertiary/aromatic N) is 1. The topological polar surface area (TPSA) is 95.9 Å². The molecular weight excluding hydrogens is 444 g/mol. The maximum absolute atomic E-state index is 13.2. The van der Waals surface area contributed by atoms with E-state index in [2.05, 4.69) is 36.2 Å². The molecule has 2 N–H and O–H groups in total. The lowest BCUT2D eigenvalue weighted by Gasteiger charge is -2.48. The van der Waals surface area contributed by atoms with Gasteiger partial charge in [0, 0.05) is 19.0 Å². The van der Waals surface area contributed by atoms with Crippen molar-refractivity contribution < 1.29 is 24.2 Å². The summed E-state index contributed by atoms with van der Waals surface area (Å²) in [5.74, 6) is -1.43. The number of rotatable bonds is 9. The average Bonchev–Trinajstić information content (AvgIpc) is 3.16. The van der Waals surface area contributed by atoms with Crippen LogP contribution in [0.25, 0.3) is 11.1 Å². The molecular formula is C28H32N2O5. The van der Waals surface area contributed by atoms with Crippen LogP contribution in [0.2, 0.25) is 0 Å². The van der Waals surface area contributed by atoms with Crippen molar-refractivity contribution in [3.05, 3.63) is 72.3 Å². The molecule has 2 aliphatic rings. The minimum Gasteiger partial charge on any atom is -0.481 e. The van der Waals surface area contributed by atoms with Crippen LogP contribution in [-0.2, 0) is 14.3 Å². The summed E-state index contributed by atoms with van der Waals surface area (Å²) < 4.78 is 5.64. The molecule has 2 amide bonds. The van der Waals surface area contributed by atoms with E-state index in [-0.39, 0.29) is 37.4 Å². The van der Waals surface area contributed by atoms with Gasteiger partial charge < -0.3 is 20.1 Å². The normalized spacial score (nSPS) is 17.4. The standard InChI is InChI=1S/C28H32N2O5/c1-4-14-28(26(32)33)16-30(17-28)25(31)24(18(3)5-2)29-27(34)35-15-23-21-12-8-6-10-19(21)20-11-7-9-13-22(20)23/h4,6-13,18,23-24H,1,5,14-17H2,2-3H3,(H,29,34)(H,32,33). The molecule has 0 spiro atoms. The molecule has 2 atom stereocenters. The van der Waals surface area contributed by atoms with E-state index in [4.69, 9.17) is 4.74 Å². The second-order valence-electron chi connectivity index (χ2n) is 9.61. The molecule has 0 saturated carbocycles. The lowest BCUT2D eigenvalue weighted by Crippen LogP contribution is -2.65. The van der Waals surface area contributed by atoms with Crippen molar-refractivity contribution in [3.63, 3.8) is 0 Å². The highest BCUT2D eigenvalue weighted by Gasteiger charge is 2.51. The van der Waals surface area contributed by atoms with Crippen LogP contribution in [0.1, 0.15) is 43.7 Å². The number of allylic oxidation sites excluding steroid dienone is 1. The number of carboxylic acid groups (broad SMARTS) is 1. The summed E-state index contributed by atoms with van der Waals surface area (Å²) in [7, 11) is 0. The second kappa shape index (κ2) is 9.94. The summed E-state index contributed by atoms with van der Waals surface area (Å²) in [5, 5.41) is 12.3. The number of benzene rings is 2. The van der Waals surface area contributed by atoms with Gasteiger partial charge in [0.2, 0.25) is 5.91 Å². The Morgan fingerprint density at radius 3 is 2.23 bits per heavy atom. The SMILES string of the molecule is C=CCC1(C(=O)O)CN(C(=O)C(NC(=O)OCC2c3ccccc3-c3ccccc32)C(C)CC)C1. The molecule has 1 fully saturated rings. The molecule has 35 heavy (non-hydrogen) atoms. The summed E-state index contributed by atoms with van der Waals surface area (Å²) in [4.78, 5) is 39.2. The maximum Gasteiger partial charge on any atom is 0.407 e. The minimum absolute atomic E-state index is 0.0728. The van der Waals surface area contributed by atoms with E-state index < -0.39 is 23.5 Å². The summed E-state index contributed by atoms with van der Waals surface area (Å²) in [6.45, 7) is 7.84. The Morgan fingerprint density at radius 2 is 1.71 bits per heavy atom. The van der Waals surface area contributed by atoms with Crippen molar-refractivity contribution >= 4 is 18.0 Å². The second-order valence-corrected chi connectivity index (χ2v) is 9.61. The van der Waals surface area contributed by atoms with E-state index in [9.17, 15) is 19.5 Å².